The predicted octanol–water partition coefficient (Wildman–Crippen LogP) is 1.06. The molecule has 1 N–H and O–H groups in total. The number of carbonyl (C=O) groups is 1. The van der Waals surface area contributed by atoms with E-state index in [2.05, 4.69) is 5.32 Å². The fourth-order valence-corrected chi connectivity index (χ4v) is 0.903. The van der Waals surface area contributed by atoms with Gasteiger partial charge in [0.1, 0.15) is 5.82 Å². The van der Waals surface area contributed by atoms with Gasteiger partial charge in [0.2, 0.25) is 0 Å². The lowest BCUT2D eigenvalue weighted by Crippen LogP contribution is -2.19. The van der Waals surface area contributed by atoms with Crippen molar-refractivity contribution in [2.75, 3.05) is 7.05 Å². The predicted molar refractivity (Wildman–Crippen MR) is 44.5 cm³/mol. The maximum Gasteiger partial charge on any atom is 0.253 e. The van der Waals surface area contributed by atoms with Gasteiger partial charge in [-0.25, -0.2) is 4.39 Å². The highest BCUT2D eigenvalue weighted by Crippen LogP contribution is 2.09. The number of nitriles is 1. The number of hydrogen-bond acceptors (Lipinski definition) is 2. The summed E-state index contributed by atoms with van der Waals surface area (Å²) in [6, 6.07) is 5.49. The van der Waals surface area contributed by atoms with E-state index in [9.17, 15) is 9.18 Å². The Kier molecular flexibility index (Phi) is 2.60. The van der Waals surface area contributed by atoms with Crippen molar-refractivity contribution in [2.45, 2.75) is 0 Å². The highest BCUT2D eigenvalue weighted by molar-refractivity contribution is 5.94. The number of nitrogens with one attached hydrogen (secondary N) is 1. The van der Waals surface area contributed by atoms with Crippen LogP contribution in [0.5, 0.6) is 0 Å². The van der Waals surface area contributed by atoms with Crippen molar-refractivity contribution < 1.29 is 9.18 Å². The van der Waals surface area contributed by atoms with Crippen LogP contribution in [0.15, 0.2) is 18.2 Å². The van der Waals surface area contributed by atoms with Gasteiger partial charge in [-0.1, -0.05) is 0 Å². The van der Waals surface area contributed by atoms with Crippen LogP contribution in [-0.2, 0) is 0 Å². The Hall–Kier alpha value is -1.89. The number of nitrogens with zero attached hydrogens (tertiary/aromatic N) is 1. The Morgan fingerprint density at radius 1 is 1.62 bits per heavy atom. The third-order valence-electron chi connectivity index (χ3n) is 1.57. The van der Waals surface area contributed by atoms with E-state index < -0.39 is 11.7 Å². The lowest BCUT2D eigenvalue weighted by atomic mass is 10.1. The second kappa shape index (κ2) is 3.68. The molecular weight excluding hydrogens is 171 g/mol. The minimum atomic E-state index is -0.682. The summed E-state index contributed by atoms with van der Waals surface area (Å²) in [6.45, 7) is 0. The van der Waals surface area contributed by atoms with Gasteiger partial charge >= 0.3 is 0 Å². The third kappa shape index (κ3) is 1.82. The average Bonchev–Trinajstić information content (AvgIpc) is 2.16. The molecule has 0 saturated heterocycles. The first kappa shape index (κ1) is 9.20. The molecule has 4 heteroatoms. The first-order chi connectivity index (χ1) is 6.19. The van der Waals surface area contributed by atoms with Crippen LogP contribution in [0.3, 0.4) is 0 Å². The van der Waals surface area contributed by atoms with E-state index in [-0.39, 0.29) is 11.1 Å². The van der Waals surface area contributed by atoms with Crippen molar-refractivity contribution in [1.82, 2.24) is 5.32 Å². The molecule has 0 atom stereocenters. The van der Waals surface area contributed by atoms with Crippen molar-refractivity contribution in [2.24, 2.45) is 0 Å². The van der Waals surface area contributed by atoms with Gasteiger partial charge in [0.15, 0.2) is 0 Å². The summed E-state index contributed by atoms with van der Waals surface area (Å²) in [7, 11) is 1.42. The number of carbonyl (C=O) groups excluding carboxylic acids is 1. The quantitative estimate of drug-likeness (QED) is 0.699. The van der Waals surface area contributed by atoms with Crippen LogP contribution in [0.25, 0.3) is 0 Å². The Balaban J connectivity index is 3.14. The van der Waals surface area contributed by atoms with Crippen LogP contribution >= 0.6 is 0 Å². The topological polar surface area (TPSA) is 52.9 Å². The van der Waals surface area contributed by atoms with E-state index >= 15 is 0 Å². The van der Waals surface area contributed by atoms with Gasteiger partial charge < -0.3 is 5.32 Å². The molecule has 0 bridgehead atoms. The number of halogens is 1. The standard InChI is InChI=1S/C9H7FN2O/c1-12-9(13)7-3-2-6(5-11)4-8(7)10/h2-4H,1H3,(H,12,13). The van der Waals surface area contributed by atoms with Crippen LogP contribution in [0.4, 0.5) is 4.39 Å². The molecular formula is C9H7FN2O. The highest BCUT2D eigenvalue weighted by atomic mass is 19.1. The van der Waals surface area contributed by atoms with Crippen LogP contribution in [0, 0.1) is 17.1 Å². The van der Waals surface area contributed by atoms with Crippen molar-refractivity contribution >= 4 is 5.91 Å². The van der Waals surface area contributed by atoms with Crippen LogP contribution in [-0.4, -0.2) is 13.0 Å². The lowest BCUT2D eigenvalue weighted by Gasteiger charge is -2.00. The molecule has 0 aliphatic heterocycles. The molecule has 0 heterocycles. The molecule has 3 nitrogen and oxygen atoms in total. The lowest BCUT2D eigenvalue weighted by molar-refractivity contribution is 0.0959. The summed E-state index contributed by atoms with van der Waals surface area (Å²) < 4.78 is 13.1. The van der Waals surface area contributed by atoms with Crippen molar-refractivity contribution in [3.05, 3.63) is 35.1 Å². The molecule has 13 heavy (non-hydrogen) atoms. The highest BCUT2D eigenvalue weighted by Gasteiger charge is 2.09. The molecule has 0 fully saturated rings. The molecule has 0 spiro atoms. The van der Waals surface area contributed by atoms with E-state index in [1.807, 2.05) is 0 Å². The summed E-state index contributed by atoms with van der Waals surface area (Å²) in [6.07, 6.45) is 0. The fraction of sp³-hybridized carbons (Fsp3) is 0.111. The molecule has 1 aromatic rings. The van der Waals surface area contributed by atoms with Crippen LogP contribution in [0.2, 0.25) is 0 Å². The first-order valence-corrected chi connectivity index (χ1v) is 3.60. The Labute approximate surface area is 74.8 Å². The second-order valence-electron chi connectivity index (χ2n) is 2.39. The van der Waals surface area contributed by atoms with Crippen molar-refractivity contribution in [3.8, 4) is 6.07 Å². The number of hydrogen-bond donors (Lipinski definition) is 1. The average molecular weight is 178 g/mol. The minimum absolute atomic E-state index is 0.0542. The van der Waals surface area contributed by atoms with Gasteiger partial charge in [-0.2, -0.15) is 5.26 Å². The normalized spacial score (nSPS) is 9.00. The second-order valence-corrected chi connectivity index (χ2v) is 2.39. The smallest absolute Gasteiger partial charge is 0.253 e. The summed E-state index contributed by atoms with van der Waals surface area (Å²) in [4.78, 5) is 11.0. The maximum absolute atomic E-state index is 13.1. The summed E-state index contributed by atoms with van der Waals surface area (Å²) in [5, 5.41) is 10.7. The number of rotatable bonds is 1. The zero-order chi connectivity index (χ0) is 9.84. The zero-order valence-electron chi connectivity index (χ0n) is 6.97. The first-order valence-electron chi connectivity index (χ1n) is 3.60. The monoisotopic (exact) mass is 178 g/mol. The maximum atomic E-state index is 13.1. The molecule has 66 valence electrons. The molecule has 0 aliphatic carbocycles. The van der Waals surface area contributed by atoms with E-state index in [0.29, 0.717) is 0 Å². The Morgan fingerprint density at radius 2 is 2.31 bits per heavy atom. The Morgan fingerprint density at radius 3 is 2.77 bits per heavy atom. The Bertz CT molecular complexity index is 382. The number of benzene rings is 1. The molecule has 0 aliphatic rings. The van der Waals surface area contributed by atoms with Gasteiger partial charge in [0.25, 0.3) is 5.91 Å². The van der Waals surface area contributed by atoms with Crippen LogP contribution < -0.4 is 5.32 Å². The van der Waals surface area contributed by atoms with Crippen molar-refractivity contribution in [3.63, 3.8) is 0 Å². The minimum Gasteiger partial charge on any atom is -0.355 e. The fourth-order valence-electron chi connectivity index (χ4n) is 0.903. The van der Waals surface area contributed by atoms with E-state index in [1.165, 1.54) is 19.2 Å². The summed E-state index contributed by atoms with van der Waals surface area (Å²) >= 11 is 0. The SMILES string of the molecule is CNC(=O)c1ccc(C#N)cc1F. The van der Waals surface area contributed by atoms with Gasteiger partial charge in [-0.3, -0.25) is 4.79 Å². The molecule has 1 amide bonds. The summed E-state index contributed by atoms with van der Waals surface area (Å²) in [5.74, 6) is -1.18. The van der Waals surface area contributed by atoms with Crippen LogP contribution in [0.1, 0.15) is 15.9 Å². The van der Waals surface area contributed by atoms with Crippen molar-refractivity contribution in [1.29, 1.82) is 5.26 Å². The van der Waals surface area contributed by atoms with E-state index in [0.717, 1.165) is 6.07 Å². The summed E-state index contributed by atoms with van der Waals surface area (Å²) in [5.41, 5.74) is 0.145. The molecule has 1 rings (SSSR count). The van der Waals surface area contributed by atoms with Gasteiger partial charge in [-0.05, 0) is 18.2 Å². The molecule has 0 saturated carbocycles. The van der Waals surface area contributed by atoms with Gasteiger partial charge in [-0.15, -0.1) is 0 Å². The van der Waals surface area contributed by atoms with E-state index in [4.69, 9.17) is 5.26 Å². The molecule has 0 aromatic heterocycles. The molecule has 1 aromatic carbocycles. The molecule has 0 radical (unpaired) electrons. The van der Waals surface area contributed by atoms with E-state index in [1.54, 1.807) is 6.07 Å². The number of amides is 1. The van der Waals surface area contributed by atoms with Gasteiger partial charge in [0.05, 0.1) is 17.2 Å². The zero-order valence-corrected chi connectivity index (χ0v) is 6.97. The third-order valence-corrected chi connectivity index (χ3v) is 1.57. The molecule has 0 unspecified atom stereocenters. The van der Waals surface area contributed by atoms with Gasteiger partial charge in [0, 0.05) is 7.05 Å². The largest absolute Gasteiger partial charge is 0.355 e.